The van der Waals surface area contributed by atoms with Crippen LogP contribution in [0.1, 0.15) is 0 Å². The van der Waals surface area contributed by atoms with Crippen LogP contribution in [-0.4, -0.2) is 19.3 Å². The van der Waals surface area contributed by atoms with Crippen LogP contribution in [0, 0.1) is 5.82 Å². The van der Waals surface area contributed by atoms with E-state index in [-0.39, 0.29) is 11.9 Å². The molecule has 0 radical (unpaired) electrons. The van der Waals surface area contributed by atoms with Crippen molar-refractivity contribution in [3.05, 3.63) is 42.2 Å². The molecule has 0 saturated carbocycles. The molecule has 3 heteroatoms. The lowest BCUT2D eigenvalue weighted by Gasteiger charge is -2.08. The van der Waals surface area contributed by atoms with Gasteiger partial charge in [0.25, 0.3) is 0 Å². The van der Waals surface area contributed by atoms with Crippen molar-refractivity contribution in [2.75, 3.05) is 13.2 Å². The summed E-state index contributed by atoms with van der Waals surface area (Å²) in [6.45, 7) is 1.24. The summed E-state index contributed by atoms with van der Waals surface area (Å²) in [5.41, 5.74) is 0. The minimum atomic E-state index is -0.246. The molecule has 0 bridgehead atoms. The van der Waals surface area contributed by atoms with Crippen molar-refractivity contribution < 1.29 is 13.9 Å². The number of rotatable bonds is 3. The van der Waals surface area contributed by atoms with Gasteiger partial charge in [-0.25, -0.2) is 4.39 Å². The van der Waals surface area contributed by atoms with E-state index in [1.54, 1.807) is 12.1 Å². The fourth-order valence-electron chi connectivity index (χ4n) is 1.73. The van der Waals surface area contributed by atoms with Gasteiger partial charge in [0.1, 0.15) is 24.3 Å². The summed E-state index contributed by atoms with van der Waals surface area (Å²) in [5.74, 6) is 0.343. The van der Waals surface area contributed by atoms with E-state index in [1.165, 1.54) is 6.07 Å². The maximum Gasteiger partial charge on any atom is 0.134 e. The summed E-state index contributed by atoms with van der Waals surface area (Å²) in [6, 6.07) is 10.5. The Bertz CT molecular complexity index is 515. The van der Waals surface area contributed by atoms with E-state index in [9.17, 15) is 4.39 Å². The number of halogens is 1. The third kappa shape index (κ3) is 1.74. The van der Waals surface area contributed by atoms with E-state index < -0.39 is 0 Å². The topological polar surface area (TPSA) is 21.8 Å². The first kappa shape index (κ1) is 9.60. The SMILES string of the molecule is Fc1cccc2cccc(OCC3CO3)c12. The van der Waals surface area contributed by atoms with E-state index in [4.69, 9.17) is 9.47 Å². The van der Waals surface area contributed by atoms with Crippen LogP contribution in [0.3, 0.4) is 0 Å². The molecular formula is C13H11FO2. The van der Waals surface area contributed by atoms with Gasteiger partial charge in [-0.2, -0.15) is 0 Å². The second-order valence-electron chi connectivity index (χ2n) is 3.86. The van der Waals surface area contributed by atoms with Crippen LogP contribution in [0.4, 0.5) is 4.39 Å². The molecule has 0 N–H and O–H groups in total. The minimum Gasteiger partial charge on any atom is -0.490 e. The summed E-state index contributed by atoms with van der Waals surface area (Å²) in [7, 11) is 0. The first-order chi connectivity index (χ1) is 7.84. The highest BCUT2D eigenvalue weighted by Gasteiger charge is 2.23. The van der Waals surface area contributed by atoms with E-state index in [0.29, 0.717) is 17.7 Å². The summed E-state index contributed by atoms with van der Waals surface area (Å²) < 4.78 is 24.3. The average molecular weight is 218 g/mol. The molecule has 1 fully saturated rings. The van der Waals surface area contributed by atoms with E-state index in [0.717, 1.165) is 12.0 Å². The Hall–Kier alpha value is -1.61. The Morgan fingerprint density at radius 1 is 1.25 bits per heavy atom. The zero-order chi connectivity index (χ0) is 11.0. The Morgan fingerprint density at radius 3 is 2.75 bits per heavy atom. The fraction of sp³-hybridized carbons (Fsp3) is 0.231. The van der Waals surface area contributed by atoms with Crippen LogP contribution in [0.5, 0.6) is 5.75 Å². The maximum atomic E-state index is 13.7. The molecule has 0 spiro atoms. The number of hydrogen-bond acceptors (Lipinski definition) is 2. The molecule has 16 heavy (non-hydrogen) atoms. The number of benzene rings is 2. The van der Waals surface area contributed by atoms with Crippen molar-refractivity contribution in [2.45, 2.75) is 6.10 Å². The summed E-state index contributed by atoms with van der Waals surface area (Å²) in [5, 5.41) is 1.40. The van der Waals surface area contributed by atoms with Crippen LogP contribution >= 0.6 is 0 Å². The Morgan fingerprint density at radius 2 is 2.00 bits per heavy atom. The molecule has 1 atom stereocenters. The second-order valence-corrected chi connectivity index (χ2v) is 3.86. The van der Waals surface area contributed by atoms with Gasteiger partial charge in [-0.15, -0.1) is 0 Å². The lowest BCUT2D eigenvalue weighted by molar-refractivity contribution is 0.265. The predicted molar refractivity (Wildman–Crippen MR) is 59.1 cm³/mol. The third-order valence-electron chi connectivity index (χ3n) is 2.64. The molecule has 82 valence electrons. The second kappa shape index (κ2) is 3.76. The molecule has 1 aliphatic rings. The van der Waals surface area contributed by atoms with Gasteiger partial charge in [-0.1, -0.05) is 24.3 Å². The zero-order valence-corrected chi connectivity index (χ0v) is 8.65. The highest BCUT2D eigenvalue weighted by atomic mass is 19.1. The molecule has 1 heterocycles. The Kier molecular flexibility index (Phi) is 2.26. The minimum absolute atomic E-state index is 0.182. The third-order valence-corrected chi connectivity index (χ3v) is 2.64. The average Bonchev–Trinajstić information content (AvgIpc) is 3.10. The van der Waals surface area contributed by atoms with E-state index >= 15 is 0 Å². The molecule has 2 aromatic rings. The Balaban J connectivity index is 2.01. The number of hydrogen-bond donors (Lipinski definition) is 0. The first-order valence-electron chi connectivity index (χ1n) is 5.26. The lowest BCUT2D eigenvalue weighted by Crippen LogP contribution is -2.04. The molecule has 3 rings (SSSR count). The van der Waals surface area contributed by atoms with E-state index in [2.05, 4.69) is 0 Å². The van der Waals surface area contributed by atoms with Gasteiger partial charge in [-0.3, -0.25) is 0 Å². The lowest BCUT2D eigenvalue weighted by atomic mass is 10.1. The maximum absolute atomic E-state index is 13.7. The number of ether oxygens (including phenoxy) is 2. The predicted octanol–water partition coefficient (Wildman–Crippen LogP) is 2.76. The summed E-state index contributed by atoms with van der Waals surface area (Å²) in [6.07, 6.45) is 0.182. The molecule has 1 aliphatic heterocycles. The molecule has 1 unspecified atom stereocenters. The molecule has 2 nitrogen and oxygen atoms in total. The largest absolute Gasteiger partial charge is 0.490 e. The normalized spacial score (nSPS) is 18.7. The van der Waals surface area contributed by atoms with Crippen LogP contribution in [-0.2, 0) is 4.74 Å². The van der Waals surface area contributed by atoms with Crippen molar-refractivity contribution in [1.82, 2.24) is 0 Å². The first-order valence-corrected chi connectivity index (χ1v) is 5.26. The van der Waals surface area contributed by atoms with Crippen molar-refractivity contribution in [2.24, 2.45) is 0 Å². The highest BCUT2D eigenvalue weighted by molar-refractivity contribution is 5.88. The number of fused-ring (bicyclic) bond motifs is 1. The molecule has 0 amide bonds. The van der Waals surface area contributed by atoms with Gasteiger partial charge in [0.05, 0.1) is 12.0 Å². The standard InChI is InChI=1S/C13H11FO2/c14-11-5-1-3-9-4-2-6-12(13(9)11)16-8-10-7-15-10/h1-6,10H,7-8H2. The molecule has 1 saturated heterocycles. The van der Waals surface area contributed by atoms with Gasteiger partial charge in [0.2, 0.25) is 0 Å². The van der Waals surface area contributed by atoms with Crippen LogP contribution in [0.2, 0.25) is 0 Å². The smallest absolute Gasteiger partial charge is 0.134 e. The molecule has 0 aliphatic carbocycles. The molecular weight excluding hydrogens is 207 g/mol. The summed E-state index contributed by atoms with van der Waals surface area (Å²) >= 11 is 0. The number of epoxide rings is 1. The van der Waals surface area contributed by atoms with Gasteiger partial charge in [0.15, 0.2) is 0 Å². The van der Waals surface area contributed by atoms with Crippen LogP contribution < -0.4 is 4.74 Å². The molecule has 2 aromatic carbocycles. The quantitative estimate of drug-likeness (QED) is 0.739. The van der Waals surface area contributed by atoms with E-state index in [1.807, 2.05) is 18.2 Å². The zero-order valence-electron chi connectivity index (χ0n) is 8.65. The van der Waals surface area contributed by atoms with Crippen molar-refractivity contribution in [1.29, 1.82) is 0 Å². The van der Waals surface area contributed by atoms with Crippen LogP contribution in [0.25, 0.3) is 10.8 Å². The summed E-state index contributed by atoms with van der Waals surface area (Å²) in [4.78, 5) is 0. The van der Waals surface area contributed by atoms with Crippen molar-refractivity contribution >= 4 is 10.8 Å². The highest BCUT2D eigenvalue weighted by Crippen LogP contribution is 2.28. The van der Waals surface area contributed by atoms with Gasteiger partial charge >= 0.3 is 0 Å². The molecule has 0 aromatic heterocycles. The van der Waals surface area contributed by atoms with Crippen LogP contribution in [0.15, 0.2) is 36.4 Å². The fourth-order valence-corrected chi connectivity index (χ4v) is 1.73. The van der Waals surface area contributed by atoms with Crippen molar-refractivity contribution in [3.8, 4) is 5.75 Å². The Labute approximate surface area is 92.6 Å². The van der Waals surface area contributed by atoms with Gasteiger partial charge in [-0.05, 0) is 17.5 Å². The monoisotopic (exact) mass is 218 g/mol. The van der Waals surface area contributed by atoms with Gasteiger partial charge in [0, 0.05) is 0 Å². The van der Waals surface area contributed by atoms with Crippen molar-refractivity contribution in [3.63, 3.8) is 0 Å². The van der Waals surface area contributed by atoms with Gasteiger partial charge < -0.3 is 9.47 Å².